The molecule has 7 heteroatoms. The molecule has 0 atom stereocenters. The van der Waals surface area contributed by atoms with E-state index >= 15 is 0 Å². The summed E-state index contributed by atoms with van der Waals surface area (Å²) in [4.78, 5) is 16.2. The van der Waals surface area contributed by atoms with E-state index in [1.165, 1.54) is 24.5 Å². The van der Waals surface area contributed by atoms with Crippen molar-refractivity contribution in [1.29, 1.82) is 0 Å². The summed E-state index contributed by atoms with van der Waals surface area (Å²) >= 11 is 4.64. The first-order chi connectivity index (χ1) is 8.99. The summed E-state index contributed by atoms with van der Waals surface area (Å²) in [6.07, 6.45) is -1.03. The number of amides is 1. The van der Waals surface area contributed by atoms with E-state index in [2.05, 4.69) is 20.9 Å². The quantitative estimate of drug-likeness (QED) is 0.920. The van der Waals surface area contributed by atoms with Gasteiger partial charge in [-0.2, -0.15) is 0 Å². The predicted molar refractivity (Wildman–Crippen MR) is 74.7 cm³/mol. The lowest BCUT2D eigenvalue weighted by Gasteiger charge is -2.09. The van der Waals surface area contributed by atoms with Crippen LogP contribution in [0.15, 0.2) is 28.1 Å². The van der Waals surface area contributed by atoms with Gasteiger partial charge in [-0.25, -0.2) is 14.2 Å². The van der Waals surface area contributed by atoms with Gasteiger partial charge in [-0.3, -0.25) is 0 Å². The largest absolute Gasteiger partial charge is 0.465 e. The summed E-state index contributed by atoms with van der Waals surface area (Å²) < 4.78 is 14.4. The van der Waals surface area contributed by atoms with Gasteiger partial charge in [0.15, 0.2) is 0 Å². The van der Waals surface area contributed by atoms with Gasteiger partial charge in [0.2, 0.25) is 0 Å². The van der Waals surface area contributed by atoms with Gasteiger partial charge in [0.25, 0.3) is 0 Å². The molecule has 2 aromatic rings. The molecule has 1 aromatic heterocycles. The molecular weight excluding hydrogens is 335 g/mol. The van der Waals surface area contributed by atoms with Gasteiger partial charge >= 0.3 is 6.09 Å². The fourth-order valence-electron chi connectivity index (χ4n) is 1.50. The van der Waals surface area contributed by atoms with E-state index in [9.17, 15) is 9.18 Å². The fraction of sp³-hybridized carbons (Fsp3) is 0.167. The molecule has 0 spiro atoms. The van der Waals surface area contributed by atoms with Crippen molar-refractivity contribution in [2.45, 2.75) is 6.54 Å². The maximum Gasteiger partial charge on any atom is 0.407 e. The predicted octanol–water partition coefficient (Wildman–Crippen LogP) is 3.82. The van der Waals surface area contributed by atoms with E-state index in [1.54, 1.807) is 18.2 Å². The number of nitrogens with zero attached hydrogens (tertiary/aromatic N) is 2. The molecule has 1 N–H and O–H groups in total. The number of benzene rings is 1. The number of carbonyl (C=O) groups is 1. The third kappa shape index (κ3) is 3.10. The first-order valence-corrected chi connectivity index (χ1v) is 6.94. The van der Waals surface area contributed by atoms with Crippen LogP contribution in [0.2, 0.25) is 0 Å². The van der Waals surface area contributed by atoms with Gasteiger partial charge in [-0.05, 0) is 28.1 Å². The highest BCUT2D eigenvalue weighted by molar-refractivity contribution is 9.11. The summed E-state index contributed by atoms with van der Waals surface area (Å²) in [6.45, 7) is 0.174. The Bertz CT molecular complexity index is 618. The second-order valence-electron chi connectivity index (χ2n) is 3.85. The van der Waals surface area contributed by atoms with Gasteiger partial charge in [-0.1, -0.05) is 12.1 Å². The first-order valence-electron chi connectivity index (χ1n) is 5.33. The van der Waals surface area contributed by atoms with E-state index in [1.807, 2.05) is 0 Å². The van der Waals surface area contributed by atoms with Crippen molar-refractivity contribution in [3.05, 3.63) is 38.9 Å². The van der Waals surface area contributed by atoms with E-state index < -0.39 is 6.09 Å². The molecule has 4 nitrogen and oxygen atoms in total. The van der Waals surface area contributed by atoms with Crippen molar-refractivity contribution in [1.82, 2.24) is 9.88 Å². The minimum Gasteiger partial charge on any atom is -0.465 e. The Morgan fingerprint density at radius 3 is 2.84 bits per heavy atom. The molecule has 19 heavy (non-hydrogen) atoms. The lowest BCUT2D eigenvalue weighted by Crippen LogP contribution is -2.23. The molecule has 0 radical (unpaired) electrons. The average molecular weight is 345 g/mol. The van der Waals surface area contributed by atoms with Crippen LogP contribution in [0.5, 0.6) is 0 Å². The van der Waals surface area contributed by atoms with Crippen LogP contribution >= 0.6 is 27.3 Å². The normalized spacial score (nSPS) is 10.5. The number of thiazole rings is 1. The molecule has 0 aliphatic carbocycles. The van der Waals surface area contributed by atoms with Crippen molar-refractivity contribution in [2.24, 2.45) is 0 Å². The SMILES string of the molecule is CN(Cc1nc(-c2ccccc2F)c(Br)s1)C(=O)O. The number of hydrogen-bond donors (Lipinski definition) is 1. The molecule has 0 aliphatic rings. The summed E-state index contributed by atoms with van der Waals surface area (Å²) in [6, 6.07) is 6.34. The van der Waals surface area contributed by atoms with Crippen molar-refractivity contribution in [3.63, 3.8) is 0 Å². The van der Waals surface area contributed by atoms with E-state index in [4.69, 9.17) is 5.11 Å². The Labute approximate surface area is 121 Å². The van der Waals surface area contributed by atoms with Gasteiger partial charge in [0.1, 0.15) is 10.8 Å². The Morgan fingerprint density at radius 1 is 1.53 bits per heavy atom. The van der Waals surface area contributed by atoms with Crippen LogP contribution in [0.4, 0.5) is 9.18 Å². The Morgan fingerprint density at radius 2 is 2.21 bits per heavy atom. The van der Waals surface area contributed by atoms with Gasteiger partial charge in [0, 0.05) is 12.6 Å². The van der Waals surface area contributed by atoms with Crippen LogP contribution in [0.3, 0.4) is 0 Å². The second-order valence-corrected chi connectivity index (χ2v) is 6.25. The molecule has 100 valence electrons. The smallest absolute Gasteiger partial charge is 0.407 e. The third-order valence-corrected chi connectivity index (χ3v) is 4.15. The van der Waals surface area contributed by atoms with Gasteiger partial charge < -0.3 is 10.0 Å². The molecule has 0 saturated carbocycles. The van der Waals surface area contributed by atoms with Crippen LogP contribution in [0, 0.1) is 5.82 Å². The molecule has 1 heterocycles. The molecule has 0 fully saturated rings. The van der Waals surface area contributed by atoms with Crippen LogP contribution < -0.4 is 0 Å². The number of carboxylic acid groups (broad SMARTS) is 1. The van der Waals surface area contributed by atoms with Crippen LogP contribution in [-0.4, -0.2) is 28.1 Å². The van der Waals surface area contributed by atoms with E-state index in [0.29, 0.717) is 20.1 Å². The topological polar surface area (TPSA) is 53.4 Å². The zero-order chi connectivity index (χ0) is 14.0. The lowest BCUT2D eigenvalue weighted by atomic mass is 10.1. The molecule has 2 rings (SSSR count). The highest BCUT2D eigenvalue weighted by Gasteiger charge is 2.16. The standard InChI is InChI=1S/C12H10BrFN2O2S/c1-16(12(17)18)6-9-15-10(11(13)19-9)7-4-2-3-5-8(7)14/h2-5H,6H2,1H3,(H,17,18). The van der Waals surface area contributed by atoms with Crippen molar-refractivity contribution in [3.8, 4) is 11.3 Å². The number of hydrogen-bond acceptors (Lipinski definition) is 3. The third-order valence-electron chi connectivity index (χ3n) is 2.46. The van der Waals surface area contributed by atoms with Crippen molar-refractivity contribution in [2.75, 3.05) is 7.05 Å². The summed E-state index contributed by atoms with van der Waals surface area (Å²) in [5.74, 6) is -0.355. The van der Waals surface area contributed by atoms with Crippen LogP contribution in [0.1, 0.15) is 5.01 Å². The zero-order valence-electron chi connectivity index (χ0n) is 9.93. The van der Waals surface area contributed by atoms with Crippen molar-refractivity contribution < 1.29 is 14.3 Å². The molecule has 1 amide bonds. The minimum absolute atomic E-state index is 0.174. The highest BCUT2D eigenvalue weighted by atomic mass is 79.9. The maximum absolute atomic E-state index is 13.7. The lowest BCUT2D eigenvalue weighted by molar-refractivity contribution is 0.153. The summed E-state index contributed by atoms with van der Waals surface area (Å²) in [7, 11) is 1.46. The Hall–Kier alpha value is -1.47. The highest BCUT2D eigenvalue weighted by Crippen LogP contribution is 2.34. The number of halogens is 2. The fourth-order valence-corrected chi connectivity index (χ4v) is 3.22. The summed E-state index contributed by atoms with van der Waals surface area (Å²) in [5.41, 5.74) is 0.895. The molecule has 0 aliphatic heterocycles. The molecular formula is C12H10BrFN2O2S. The monoisotopic (exact) mass is 344 g/mol. The van der Waals surface area contributed by atoms with E-state index in [-0.39, 0.29) is 12.4 Å². The van der Waals surface area contributed by atoms with Gasteiger partial charge in [0.05, 0.1) is 16.0 Å². The first kappa shape index (κ1) is 14.0. The Kier molecular flexibility index (Phi) is 4.16. The Balaban J connectivity index is 2.32. The van der Waals surface area contributed by atoms with Crippen molar-refractivity contribution >= 4 is 33.4 Å². The molecule has 1 aromatic carbocycles. The molecule has 0 bridgehead atoms. The molecule has 0 unspecified atom stereocenters. The maximum atomic E-state index is 13.7. The van der Waals surface area contributed by atoms with E-state index in [0.717, 1.165) is 4.90 Å². The van der Waals surface area contributed by atoms with Crippen LogP contribution in [0.25, 0.3) is 11.3 Å². The second kappa shape index (κ2) is 5.66. The van der Waals surface area contributed by atoms with Gasteiger partial charge in [-0.15, -0.1) is 11.3 Å². The zero-order valence-corrected chi connectivity index (χ0v) is 12.3. The minimum atomic E-state index is -1.03. The number of rotatable bonds is 3. The average Bonchev–Trinajstić information content (AvgIpc) is 2.70. The number of aromatic nitrogens is 1. The van der Waals surface area contributed by atoms with Crippen LogP contribution in [-0.2, 0) is 6.54 Å². The molecule has 0 saturated heterocycles. The summed E-state index contributed by atoms with van der Waals surface area (Å²) in [5, 5.41) is 9.42.